The van der Waals surface area contributed by atoms with Gasteiger partial charge < -0.3 is 4.84 Å². The summed E-state index contributed by atoms with van der Waals surface area (Å²) in [6, 6.07) is 0. The summed E-state index contributed by atoms with van der Waals surface area (Å²) in [4.78, 5) is 14.1. The summed E-state index contributed by atoms with van der Waals surface area (Å²) in [5.74, 6) is 0.634. The van der Waals surface area contributed by atoms with Gasteiger partial charge in [0.15, 0.2) is 0 Å². The summed E-state index contributed by atoms with van der Waals surface area (Å²) in [6.45, 7) is 0.262. The first kappa shape index (κ1) is 9.29. The van der Waals surface area contributed by atoms with Crippen LogP contribution in [0.3, 0.4) is 0 Å². The van der Waals surface area contributed by atoms with E-state index in [9.17, 15) is 10.1 Å². The van der Waals surface area contributed by atoms with Crippen LogP contribution in [0.5, 0.6) is 0 Å². The Balaban J connectivity index is 2.01. The van der Waals surface area contributed by atoms with Crippen molar-refractivity contribution in [2.75, 3.05) is 6.61 Å². The fourth-order valence-electron chi connectivity index (χ4n) is 1.58. The van der Waals surface area contributed by atoms with Crippen molar-refractivity contribution < 1.29 is 9.92 Å². The Morgan fingerprint density at radius 3 is 2.75 bits per heavy atom. The van der Waals surface area contributed by atoms with Gasteiger partial charge in [-0.05, 0) is 31.6 Å². The Labute approximate surface area is 72.0 Å². The molecule has 0 aromatic carbocycles. The summed E-state index contributed by atoms with van der Waals surface area (Å²) in [5, 5.41) is 9.10. The second kappa shape index (κ2) is 4.95. The minimum Gasteiger partial charge on any atom is -0.314 e. The van der Waals surface area contributed by atoms with Crippen molar-refractivity contribution in [1.82, 2.24) is 0 Å². The summed E-state index contributed by atoms with van der Waals surface area (Å²) < 4.78 is 0. The molecule has 1 aliphatic rings. The lowest BCUT2D eigenvalue weighted by atomic mass is 9.87. The van der Waals surface area contributed by atoms with E-state index in [2.05, 4.69) is 11.3 Å². The molecule has 0 N–H and O–H groups in total. The SMILES string of the molecule is O=[N+]([O-])OCCC1CC[CH]CC1. The van der Waals surface area contributed by atoms with Crippen LogP contribution >= 0.6 is 0 Å². The molecule has 0 atom stereocenters. The van der Waals surface area contributed by atoms with Gasteiger partial charge >= 0.3 is 0 Å². The quantitative estimate of drug-likeness (QED) is 0.481. The molecular formula is C8H14NO3. The lowest BCUT2D eigenvalue weighted by molar-refractivity contribution is -0.758. The minimum atomic E-state index is -0.713. The van der Waals surface area contributed by atoms with Crippen LogP contribution in [0.15, 0.2) is 0 Å². The first-order chi connectivity index (χ1) is 5.79. The summed E-state index contributed by atoms with van der Waals surface area (Å²) in [5.41, 5.74) is 0. The van der Waals surface area contributed by atoms with Crippen molar-refractivity contribution in [1.29, 1.82) is 0 Å². The lowest BCUT2D eigenvalue weighted by Crippen LogP contribution is -2.11. The molecule has 1 fully saturated rings. The lowest BCUT2D eigenvalue weighted by Gasteiger charge is -2.20. The van der Waals surface area contributed by atoms with Crippen LogP contribution in [0.1, 0.15) is 32.1 Å². The Kier molecular flexibility index (Phi) is 3.84. The highest BCUT2D eigenvalue weighted by Gasteiger charge is 2.13. The van der Waals surface area contributed by atoms with Crippen molar-refractivity contribution in [2.45, 2.75) is 32.1 Å². The molecule has 1 rings (SSSR count). The van der Waals surface area contributed by atoms with E-state index >= 15 is 0 Å². The molecule has 0 amide bonds. The zero-order valence-corrected chi connectivity index (χ0v) is 7.07. The maximum atomic E-state index is 9.82. The van der Waals surface area contributed by atoms with Crippen LogP contribution in [0.25, 0.3) is 0 Å². The second-order valence-electron chi connectivity index (χ2n) is 3.15. The topological polar surface area (TPSA) is 52.4 Å². The zero-order valence-electron chi connectivity index (χ0n) is 7.07. The maximum absolute atomic E-state index is 9.82. The molecular weight excluding hydrogens is 158 g/mol. The highest BCUT2D eigenvalue weighted by molar-refractivity contribution is 4.76. The molecule has 0 heterocycles. The van der Waals surface area contributed by atoms with E-state index in [1.54, 1.807) is 0 Å². The van der Waals surface area contributed by atoms with Gasteiger partial charge in [0, 0.05) is 0 Å². The van der Waals surface area contributed by atoms with Gasteiger partial charge in [-0.3, -0.25) is 0 Å². The number of nitrogens with zero attached hydrogens (tertiary/aromatic N) is 1. The van der Waals surface area contributed by atoms with Gasteiger partial charge in [0.05, 0.1) is 6.61 Å². The normalized spacial score (nSPS) is 19.0. The maximum Gasteiger partial charge on any atom is 0.294 e. The van der Waals surface area contributed by atoms with E-state index in [4.69, 9.17) is 0 Å². The Morgan fingerprint density at radius 1 is 1.50 bits per heavy atom. The van der Waals surface area contributed by atoms with Gasteiger partial charge in [-0.15, -0.1) is 10.1 Å². The Morgan fingerprint density at radius 2 is 2.17 bits per heavy atom. The van der Waals surface area contributed by atoms with E-state index in [-0.39, 0.29) is 6.61 Å². The smallest absolute Gasteiger partial charge is 0.294 e. The van der Waals surface area contributed by atoms with Crippen molar-refractivity contribution >= 4 is 0 Å². The van der Waals surface area contributed by atoms with E-state index in [1.807, 2.05) is 0 Å². The highest BCUT2D eigenvalue weighted by atomic mass is 16.9. The van der Waals surface area contributed by atoms with Crippen molar-refractivity contribution in [3.05, 3.63) is 16.5 Å². The zero-order chi connectivity index (χ0) is 8.81. The van der Waals surface area contributed by atoms with Gasteiger partial charge in [0.25, 0.3) is 5.09 Å². The van der Waals surface area contributed by atoms with Crippen LogP contribution in [-0.2, 0) is 4.84 Å². The number of rotatable bonds is 4. The molecule has 0 aromatic heterocycles. The predicted octanol–water partition coefficient (Wildman–Crippen LogP) is 1.98. The van der Waals surface area contributed by atoms with E-state index in [0.29, 0.717) is 5.92 Å². The van der Waals surface area contributed by atoms with Gasteiger partial charge in [-0.2, -0.15) is 0 Å². The average Bonchev–Trinajstić information content (AvgIpc) is 2.05. The fourth-order valence-corrected chi connectivity index (χ4v) is 1.58. The molecule has 69 valence electrons. The molecule has 1 saturated carbocycles. The van der Waals surface area contributed by atoms with Crippen molar-refractivity contribution in [3.8, 4) is 0 Å². The van der Waals surface area contributed by atoms with Gasteiger partial charge in [0.1, 0.15) is 0 Å². The van der Waals surface area contributed by atoms with Crippen molar-refractivity contribution in [2.24, 2.45) is 5.92 Å². The van der Waals surface area contributed by atoms with Gasteiger partial charge in [0.2, 0.25) is 0 Å². The molecule has 0 saturated heterocycles. The first-order valence-corrected chi connectivity index (χ1v) is 4.38. The molecule has 0 spiro atoms. The minimum absolute atomic E-state index is 0.262. The van der Waals surface area contributed by atoms with Crippen LogP contribution in [0, 0.1) is 22.5 Å². The molecule has 12 heavy (non-hydrogen) atoms. The number of hydrogen-bond acceptors (Lipinski definition) is 3. The molecule has 0 unspecified atom stereocenters. The molecule has 0 aromatic rings. The monoisotopic (exact) mass is 172 g/mol. The third kappa shape index (κ3) is 3.55. The molecule has 0 bridgehead atoms. The Bertz CT molecular complexity index is 143. The molecule has 4 heteroatoms. The first-order valence-electron chi connectivity index (χ1n) is 4.38. The standard InChI is InChI=1S/C8H14NO3/c10-9(11)12-7-6-8-4-2-1-3-5-8/h1,8H,2-7H2. The van der Waals surface area contributed by atoms with E-state index in [0.717, 1.165) is 19.3 Å². The summed E-state index contributed by atoms with van der Waals surface area (Å²) in [7, 11) is 0. The van der Waals surface area contributed by atoms with Crippen LogP contribution in [0.2, 0.25) is 0 Å². The Hall–Kier alpha value is -0.800. The molecule has 1 radical (unpaired) electrons. The summed E-state index contributed by atoms with van der Waals surface area (Å²) in [6.07, 6.45) is 7.76. The van der Waals surface area contributed by atoms with Crippen LogP contribution in [0.4, 0.5) is 0 Å². The third-order valence-electron chi connectivity index (χ3n) is 2.28. The fraction of sp³-hybridized carbons (Fsp3) is 0.875. The largest absolute Gasteiger partial charge is 0.314 e. The van der Waals surface area contributed by atoms with Gasteiger partial charge in [-0.1, -0.05) is 12.8 Å². The second-order valence-corrected chi connectivity index (χ2v) is 3.15. The van der Waals surface area contributed by atoms with E-state index in [1.165, 1.54) is 12.8 Å². The summed E-state index contributed by atoms with van der Waals surface area (Å²) >= 11 is 0. The molecule has 0 aliphatic heterocycles. The number of hydrogen-bond donors (Lipinski definition) is 0. The van der Waals surface area contributed by atoms with Gasteiger partial charge in [-0.25, -0.2) is 0 Å². The third-order valence-corrected chi connectivity index (χ3v) is 2.28. The van der Waals surface area contributed by atoms with Crippen molar-refractivity contribution in [3.63, 3.8) is 0 Å². The van der Waals surface area contributed by atoms with E-state index < -0.39 is 5.09 Å². The average molecular weight is 172 g/mol. The molecule has 4 nitrogen and oxygen atoms in total. The molecule has 1 aliphatic carbocycles. The van der Waals surface area contributed by atoms with Crippen LogP contribution < -0.4 is 0 Å². The van der Waals surface area contributed by atoms with Crippen LogP contribution in [-0.4, -0.2) is 11.7 Å². The highest BCUT2D eigenvalue weighted by Crippen LogP contribution is 2.25. The predicted molar refractivity (Wildman–Crippen MR) is 43.8 cm³/mol.